The highest BCUT2D eigenvalue weighted by molar-refractivity contribution is 7.99. The zero-order chi connectivity index (χ0) is 14.3. The summed E-state index contributed by atoms with van der Waals surface area (Å²) in [5.41, 5.74) is 0.972. The molecule has 0 saturated carbocycles. The maximum atomic E-state index is 11.9. The van der Waals surface area contributed by atoms with E-state index in [1.54, 1.807) is 12.1 Å². The Morgan fingerprint density at radius 3 is 2.37 bits per heavy atom. The van der Waals surface area contributed by atoms with E-state index < -0.39 is 9.84 Å². The maximum absolute atomic E-state index is 11.9. The van der Waals surface area contributed by atoms with Gasteiger partial charge in [0.2, 0.25) is 0 Å². The van der Waals surface area contributed by atoms with Crippen LogP contribution in [0.5, 0.6) is 0 Å². The second-order valence-corrected chi connectivity index (χ2v) is 7.98. The van der Waals surface area contributed by atoms with Gasteiger partial charge in [-0.3, -0.25) is 0 Å². The van der Waals surface area contributed by atoms with E-state index in [4.69, 9.17) is 0 Å². The van der Waals surface area contributed by atoms with Crippen LogP contribution in [0.3, 0.4) is 0 Å². The van der Waals surface area contributed by atoms with Crippen LogP contribution in [-0.2, 0) is 9.84 Å². The van der Waals surface area contributed by atoms with Crippen LogP contribution in [0.25, 0.3) is 0 Å². The molecule has 1 rings (SSSR count). The Morgan fingerprint density at radius 1 is 1.21 bits per heavy atom. The lowest BCUT2D eigenvalue weighted by Crippen LogP contribution is -2.18. The van der Waals surface area contributed by atoms with Crippen molar-refractivity contribution in [3.63, 3.8) is 0 Å². The molecule has 0 aliphatic carbocycles. The molecule has 108 valence electrons. The summed E-state index contributed by atoms with van der Waals surface area (Å²) in [5.74, 6) is 2.37. The second-order valence-electron chi connectivity index (χ2n) is 4.55. The van der Waals surface area contributed by atoms with E-state index >= 15 is 0 Å². The van der Waals surface area contributed by atoms with E-state index in [9.17, 15) is 8.42 Å². The standard InChI is InChI=1S/C14H23NO2S2/c1-4-10-19(16,17)14-8-6-13(7-9-14)15-12(3)11-18-5-2/h6-9,12,15H,4-5,10-11H2,1-3H3. The fourth-order valence-corrected chi connectivity index (χ4v) is 3.76. The molecule has 1 N–H and O–H groups in total. The molecule has 0 amide bonds. The highest BCUT2D eigenvalue weighted by Crippen LogP contribution is 2.17. The lowest BCUT2D eigenvalue weighted by atomic mass is 10.3. The minimum Gasteiger partial charge on any atom is -0.382 e. The fourth-order valence-electron chi connectivity index (χ4n) is 1.77. The molecular weight excluding hydrogens is 278 g/mol. The third-order valence-electron chi connectivity index (χ3n) is 2.67. The average Bonchev–Trinajstić information content (AvgIpc) is 2.37. The molecule has 1 aromatic rings. The van der Waals surface area contributed by atoms with Gasteiger partial charge in [-0.25, -0.2) is 8.42 Å². The van der Waals surface area contributed by atoms with Gasteiger partial charge < -0.3 is 5.32 Å². The summed E-state index contributed by atoms with van der Waals surface area (Å²) >= 11 is 1.89. The van der Waals surface area contributed by atoms with Gasteiger partial charge in [-0.2, -0.15) is 11.8 Å². The second kappa shape index (κ2) is 7.80. The van der Waals surface area contributed by atoms with Gasteiger partial charge in [0.05, 0.1) is 10.6 Å². The van der Waals surface area contributed by atoms with Gasteiger partial charge in [0.15, 0.2) is 9.84 Å². The number of rotatable bonds is 8. The zero-order valence-corrected chi connectivity index (χ0v) is 13.5. The molecule has 0 aliphatic rings. The van der Waals surface area contributed by atoms with Crippen molar-refractivity contribution in [3.8, 4) is 0 Å². The highest BCUT2D eigenvalue weighted by Gasteiger charge is 2.12. The van der Waals surface area contributed by atoms with Crippen LogP contribution < -0.4 is 5.32 Å². The van der Waals surface area contributed by atoms with Crippen LogP contribution in [0.15, 0.2) is 29.2 Å². The predicted molar refractivity (Wildman–Crippen MR) is 84.9 cm³/mol. The number of thioether (sulfide) groups is 1. The molecule has 0 aromatic heterocycles. The van der Waals surface area contributed by atoms with Gasteiger partial charge in [-0.15, -0.1) is 0 Å². The van der Waals surface area contributed by atoms with Crippen molar-refractivity contribution in [3.05, 3.63) is 24.3 Å². The zero-order valence-electron chi connectivity index (χ0n) is 11.8. The lowest BCUT2D eigenvalue weighted by Gasteiger charge is -2.14. The van der Waals surface area contributed by atoms with Gasteiger partial charge in [0.1, 0.15) is 0 Å². The minimum atomic E-state index is -3.10. The number of hydrogen-bond donors (Lipinski definition) is 1. The quantitative estimate of drug-likeness (QED) is 0.799. The van der Waals surface area contributed by atoms with Gasteiger partial charge in [-0.05, 0) is 43.4 Å². The molecule has 0 fully saturated rings. The highest BCUT2D eigenvalue weighted by atomic mass is 32.2. The first-order valence-electron chi connectivity index (χ1n) is 6.66. The molecule has 0 saturated heterocycles. The monoisotopic (exact) mass is 301 g/mol. The van der Waals surface area contributed by atoms with Crippen molar-refractivity contribution in [2.24, 2.45) is 0 Å². The fraction of sp³-hybridized carbons (Fsp3) is 0.571. The Hall–Kier alpha value is -0.680. The topological polar surface area (TPSA) is 46.2 Å². The van der Waals surface area contributed by atoms with Crippen molar-refractivity contribution < 1.29 is 8.42 Å². The summed E-state index contributed by atoms with van der Waals surface area (Å²) in [6, 6.07) is 7.44. The molecule has 1 atom stereocenters. The Kier molecular flexibility index (Phi) is 6.72. The average molecular weight is 301 g/mol. The van der Waals surface area contributed by atoms with Crippen LogP contribution in [0.1, 0.15) is 27.2 Å². The maximum Gasteiger partial charge on any atom is 0.178 e. The van der Waals surface area contributed by atoms with Crippen LogP contribution in [0, 0.1) is 0 Å². The van der Waals surface area contributed by atoms with Crippen molar-refractivity contribution in [2.75, 3.05) is 22.6 Å². The molecule has 19 heavy (non-hydrogen) atoms. The van der Waals surface area contributed by atoms with Gasteiger partial charge >= 0.3 is 0 Å². The van der Waals surface area contributed by atoms with E-state index in [1.807, 2.05) is 30.8 Å². The van der Waals surface area contributed by atoms with Gasteiger partial charge in [0.25, 0.3) is 0 Å². The van der Waals surface area contributed by atoms with E-state index in [1.165, 1.54) is 0 Å². The first-order chi connectivity index (χ1) is 8.99. The molecule has 1 unspecified atom stereocenters. The molecule has 0 spiro atoms. The van der Waals surface area contributed by atoms with Crippen molar-refractivity contribution >= 4 is 27.3 Å². The van der Waals surface area contributed by atoms with Gasteiger partial charge in [-0.1, -0.05) is 13.8 Å². The molecule has 1 aromatic carbocycles. The third-order valence-corrected chi connectivity index (χ3v) is 5.75. The summed E-state index contributed by atoms with van der Waals surface area (Å²) in [6.45, 7) is 6.15. The largest absolute Gasteiger partial charge is 0.382 e. The Bertz CT molecular complexity index is 469. The van der Waals surface area contributed by atoms with E-state index in [0.29, 0.717) is 17.4 Å². The van der Waals surface area contributed by atoms with E-state index in [2.05, 4.69) is 19.2 Å². The number of nitrogens with one attached hydrogen (secondary N) is 1. The summed E-state index contributed by atoms with van der Waals surface area (Å²) < 4.78 is 23.8. The minimum absolute atomic E-state index is 0.212. The first kappa shape index (κ1) is 16.4. The van der Waals surface area contributed by atoms with Gasteiger partial charge in [0, 0.05) is 17.5 Å². The number of sulfone groups is 1. The summed E-state index contributed by atoms with van der Waals surface area (Å²) in [4.78, 5) is 0.412. The lowest BCUT2D eigenvalue weighted by molar-refractivity contribution is 0.595. The van der Waals surface area contributed by atoms with Crippen molar-refractivity contribution in [1.82, 2.24) is 0 Å². The molecule has 0 bridgehead atoms. The summed E-state index contributed by atoms with van der Waals surface area (Å²) in [5, 5.41) is 3.37. The van der Waals surface area contributed by atoms with E-state index in [0.717, 1.165) is 17.2 Å². The molecule has 5 heteroatoms. The summed E-state index contributed by atoms with van der Waals surface area (Å²) in [6.07, 6.45) is 0.646. The Balaban J connectivity index is 2.66. The van der Waals surface area contributed by atoms with Crippen molar-refractivity contribution in [1.29, 1.82) is 0 Å². The number of benzene rings is 1. The third kappa shape index (κ3) is 5.45. The molecule has 3 nitrogen and oxygen atoms in total. The Morgan fingerprint density at radius 2 is 1.84 bits per heavy atom. The predicted octanol–water partition coefficient (Wildman–Crippen LogP) is 3.42. The van der Waals surface area contributed by atoms with Crippen molar-refractivity contribution in [2.45, 2.75) is 38.1 Å². The normalized spacial score (nSPS) is 13.2. The number of hydrogen-bond acceptors (Lipinski definition) is 4. The first-order valence-corrected chi connectivity index (χ1v) is 9.47. The Labute approximate surface area is 121 Å². The summed E-state index contributed by atoms with van der Waals surface area (Å²) in [7, 11) is -3.10. The SMILES string of the molecule is CCCS(=O)(=O)c1ccc(NC(C)CSCC)cc1. The number of anilines is 1. The molecule has 0 aliphatic heterocycles. The molecule has 0 radical (unpaired) electrons. The smallest absolute Gasteiger partial charge is 0.178 e. The molecular formula is C14H23NO2S2. The van der Waals surface area contributed by atoms with Crippen LogP contribution >= 0.6 is 11.8 Å². The van der Waals surface area contributed by atoms with Crippen LogP contribution in [0.2, 0.25) is 0 Å². The molecule has 0 heterocycles. The van der Waals surface area contributed by atoms with Crippen LogP contribution in [-0.4, -0.2) is 31.7 Å². The van der Waals surface area contributed by atoms with E-state index in [-0.39, 0.29) is 5.75 Å². The van der Waals surface area contributed by atoms with Crippen LogP contribution in [0.4, 0.5) is 5.69 Å².